The summed E-state index contributed by atoms with van der Waals surface area (Å²) in [7, 11) is 0. The lowest BCUT2D eigenvalue weighted by Gasteiger charge is -2.28. The Labute approximate surface area is 137 Å². The summed E-state index contributed by atoms with van der Waals surface area (Å²) in [5, 5.41) is 7.57. The van der Waals surface area contributed by atoms with E-state index in [2.05, 4.69) is 42.1 Å². The van der Waals surface area contributed by atoms with Gasteiger partial charge in [0.05, 0.1) is 17.9 Å². The lowest BCUT2D eigenvalue weighted by atomic mass is 10.0. The second-order valence-corrected chi connectivity index (χ2v) is 7.23. The molecule has 112 valence electrons. The first-order valence-electron chi connectivity index (χ1n) is 7.28. The van der Waals surface area contributed by atoms with Crippen LogP contribution in [0.5, 0.6) is 0 Å². The molecule has 0 saturated heterocycles. The van der Waals surface area contributed by atoms with E-state index in [0.717, 1.165) is 37.4 Å². The molecule has 4 nitrogen and oxygen atoms in total. The van der Waals surface area contributed by atoms with Gasteiger partial charge in [-0.3, -0.25) is 4.90 Å². The summed E-state index contributed by atoms with van der Waals surface area (Å²) in [6, 6.07) is 2.14. The van der Waals surface area contributed by atoms with Gasteiger partial charge in [0.15, 0.2) is 0 Å². The van der Waals surface area contributed by atoms with Crippen LogP contribution < -0.4 is 0 Å². The Bertz CT molecular complexity index is 779. The first kappa shape index (κ1) is 14.0. The number of hydrogen-bond donors (Lipinski definition) is 0. The van der Waals surface area contributed by atoms with Crippen LogP contribution >= 0.6 is 22.7 Å². The number of fused-ring (bicyclic) bond motifs is 1. The van der Waals surface area contributed by atoms with Crippen LogP contribution in [-0.4, -0.2) is 26.4 Å². The maximum Gasteiger partial charge on any atom is 0.116 e. The van der Waals surface area contributed by atoms with Gasteiger partial charge in [0.1, 0.15) is 11.3 Å². The van der Waals surface area contributed by atoms with Gasteiger partial charge in [0, 0.05) is 47.1 Å². The second-order valence-electron chi connectivity index (χ2n) is 5.50. The van der Waals surface area contributed by atoms with E-state index < -0.39 is 0 Å². The van der Waals surface area contributed by atoms with Crippen molar-refractivity contribution in [3.63, 3.8) is 0 Å². The summed E-state index contributed by atoms with van der Waals surface area (Å²) < 4.78 is 0. The predicted octanol–water partition coefficient (Wildman–Crippen LogP) is 3.53. The van der Waals surface area contributed by atoms with Gasteiger partial charge in [-0.15, -0.1) is 11.3 Å². The summed E-state index contributed by atoms with van der Waals surface area (Å²) in [5.41, 5.74) is 5.88. The fraction of sp³-hybridized carbons (Fsp3) is 0.312. The van der Waals surface area contributed by atoms with Crippen LogP contribution in [0.3, 0.4) is 0 Å². The molecule has 0 atom stereocenters. The zero-order chi connectivity index (χ0) is 14.9. The van der Waals surface area contributed by atoms with Crippen LogP contribution in [0.1, 0.15) is 22.0 Å². The number of thiophene rings is 1. The molecule has 1 aliphatic rings. The van der Waals surface area contributed by atoms with E-state index in [1.807, 2.05) is 6.92 Å². The van der Waals surface area contributed by atoms with Crippen molar-refractivity contribution in [3.05, 3.63) is 50.5 Å². The molecule has 4 heterocycles. The van der Waals surface area contributed by atoms with Gasteiger partial charge < -0.3 is 0 Å². The summed E-state index contributed by atoms with van der Waals surface area (Å²) in [4.78, 5) is 16.0. The number of thiazole rings is 1. The second kappa shape index (κ2) is 5.87. The Hall–Kier alpha value is -1.63. The molecule has 0 aromatic carbocycles. The number of nitrogens with zero attached hydrogens (tertiary/aromatic N) is 4. The van der Waals surface area contributed by atoms with Crippen LogP contribution in [-0.2, 0) is 19.5 Å². The maximum atomic E-state index is 4.58. The largest absolute Gasteiger partial charge is 0.292 e. The Morgan fingerprint density at radius 3 is 3.00 bits per heavy atom. The van der Waals surface area contributed by atoms with E-state index in [1.165, 1.54) is 21.8 Å². The van der Waals surface area contributed by atoms with E-state index in [4.69, 9.17) is 0 Å². The quantitative estimate of drug-likeness (QED) is 0.737. The highest BCUT2D eigenvalue weighted by Gasteiger charge is 2.22. The Morgan fingerprint density at radius 2 is 2.23 bits per heavy atom. The molecule has 0 aliphatic carbocycles. The minimum absolute atomic E-state index is 0.903. The smallest absolute Gasteiger partial charge is 0.116 e. The molecule has 0 N–H and O–H groups in total. The molecule has 6 heteroatoms. The summed E-state index contributed by atoms with van der Waals surface area (Å²) >= 11 is 3.45. The van der Waals surface area contributed by atoms with Gasteiger partial charge in [-0.1, -0.05) is 0 Å². The van der Waals surface area contributed by atoms with E-state index in [1.54, 1.807) is 29.0 Å². The molecule has 3 aromatic heterocycles. The van der Waals surface area contributed by atoms with Crippen LogP contribution in [0.25, 0.3) is 11.3 Å². The minimum Gasteiger partial charge on any atom is -0.292 e. The Kier molecular flexibility index (Phi) is 3.73. The summed E-state index contributed by atoms with van der Waals surface area (Å²) in [6.45, 7) is 4.90. The molecule has 1 aliphatic heterocycles. The molecule has 0 saturated carbocycles. The van der Waals surface area contributed by atoms with Crippen molar-refractivity contribution in [1.82, 2.24) is 19.9 Å². The average Bonchev–Trinajstić information content (AvgIpc) is 3.18. The third-order valence-corrected chi connectivity index (χ3v) is 5.54. The zero-order valence-electron chi connectivity index (χ0n) is 12.3. The molecule has 0 unspecified atom stereocenters. The number of aromatic nitrogens is 3. The molecular formula is C16H16N4S2. The maximum absolute atomic E-state index is 4.58. The third-order valence-electron chi connectivity index (χ3n) is 3.90. The van der Waals surface area contributed by atoms with Crippen LogP contribution in [0, 0.1) is 6.92 Å². The summed E-state index contributed by atoms with van der Waals surface area (Å²) in [5.74, 6) is 0. The highest BCUT2D eigenvalue weighted by Crippen LogP contribution is 2.29. The lowest BCUT2D eigenvalue weighted by Crippen LogP contribution is -2.31. The molecule has 0 bridgehead atoms. The number of aryl methyl sites for hydroxylation is 1. The number of rotatable bonds is 3. The van der Waals surface area contributed by atoms with Crippen molar-refractivity contribution in [2.75, 3.05) is 6.54 Å². The SMILES string of the molecule is Cc1csc(CN2CCc3ncnc(-c4ccsc4)c3C2)n1. The van der Waals surface area contributed by atoms with Gasteiger partial charge in [-0.2, -0.15) is 11.3 Å². The summed E-state index contributed by atoms with van der Waals surface area (Å²) in [6.07, 6.45) is 2.69. The Morgan fingerprint density at radius 1 is 1.27 bits per heavy atom. The first-order valence-corrected chi connectivity index (χ1v) is 9.10. The molecule has 3 aromatic rings. The van der Waals surface area contributed by atoms with E-state index in [-0.39, 0.29) is 0 Å². The van der Waals surface area contributed by atoms with Crippen molar-refractivity contribution in [3.8, 4) is 11.3 Å². The molecule has 0 radical (unpaired) electrons. The van der Waals surface area contributed by atoms with Crippen molar-refractivity contribution in [2.45, 2.75) is 26.4 Å². The third kappa shape index (κ3) is 2.69. The average molecular weight is 328 g/mol. The van der Waals surface area contributed by atoms with Crippen molar-refractivity contribution in [2.24, 2.45) is 0 Å². The molecule has 22 heavy (non-hydrogen) atoms. The van der Waals surface area contributed by atoms with E-state index >= 15 is 0 Å². The minimum atomic E-state index is 0.903. The fourth-order valence-corrected chi connectivity index (χ4v) is 4.30. The van der Waals surface area contributed by atoms with Gasteiger partial charge >= 0.3 is 0 Å². The van der Waals surface area contributed by atoms with Crippen LogP contribution in [0.4, 0.5) is 0 Å². The molecule has 0 spiro atoms. The van der Waals surface area contributed by atoms with E-state index in [0.29, 0.717) is 0 Å². The highest BCUT2D eigenvalue weighted by molar-refractivity contribution is 7.09. The molecular weight excluding hydrogens is 312 g/mol. The first-order chi connectivity index (χ1) is 10.8. The molecule has 0 amide bonds. The Balaban J connectivity index is 1.62. The van der Waals surface area contributed by atoms with Gasteiger partial charge in [-0.05, 0) is 18.4 Å². The van der Waals surface area contributed by atoms with Gasteiger partial charge in [0.2, 0.25) is 0 Å². The molecule has 4 rings (SSSR count). The van der Waals surface area contributed by atoms with Gasteiger partial charge in [0.25, 0.3) is 0 Å². The van der Waals surface area contributed by atoms with Crippen molar-refractivity contribution >= 4 is 22.7 Å². The number of hydrogen-bond acceptors (Lipinski definition) is 6. The van der Waals surface area contributed by atoms with Crippen LogP contribution in [0.2, 0.25) is 0 Å². The van der Waals surface area contributed by atoms with Crippen LogP contribution in [0.15, 0.2) is 28.5 Å². The fourth-order valence-electron chi connectivity index (χ4n) is 2.85. The van der Waals surface area contributed by atoms with Crippen molar-refractivity contribution < 1.29 is 0 Å². The normalized spacial score (nSPS) is 15.0. The molecule has 0 fully saturated rings. The standard InChI is InChI=1S/C16H16N4S2/c1-11-8-22-15(19-11)7-20-4-2-14-13(6-20)16(18-10-17-14)12-3-5-21-9-12/h3,5,8-10H,2,4,6-7H2,1H3. The zero-order valence-corrected chi connectivity index (χ0v) is 14.0. The lowest BCUT2D eigenvalue weighted by molar-refractivity contribution is 0.243. The topological polar surface area (TPSA) is 41.9 Å². The monoisotopic (exact) mass is 328 g/mol. The van der Waals surface area contributed by atoms with E-state index in [9.17, 15) is 0 Å². The van der Waals surface area contributed by atoms with Crippen molar-refractivity contribution in [1.29, 1.82) is 0 Å². The van der Waals surface area contributed by atoms with Gasteiger partial charge in [-0.25, -0.2) is 15.0 Å². The predicted molar refractivity (Wildman–Crippen MR) is 90.0 cm³/mol. The highest BCUT2D eigenvalue weighted by atomic mass is 32.1.